The fraction of sp³-hybridized carbons (Fsp3) is 0.727. The van der Waals surface area contributed by atoms with Crippen LogP contribution >= 0.6 is 0 Å². The Kier molecular flexibility index (Phi) is 9.43. The van der Waals surface area contributed by atoms with Crippen molar-refractivity contribution in [3.63, 3.8) is 0 Å². The van der Waals surface area contributed by atoms with E-state index in [1.807, 2.05) is 0 Å². The molecule has 1 unspecified atom stereocenters. The Morgan fingerprint density at radius 3 is 2.17 bits per heavy atom. The second kappa shape index (κ2) is 10.8. The third kappa shape index (κ3) is 7.25. The summed E-state index contributed by atoms with van der Waals surface area (Å²) in [5.41, 5.74) is 2.68. The molecule has 0 radical (unpaired) electrons. The molecule has 0 saturated carbocycles. The lowest BCUT2D eigenvalue weighted by atomic mass is 9.95. The Morgan fingerprint density at radius 2 is 1.62 bits per heavy atom. The number of aryl methyl sites for hydroxylation is 2. The van der Waals surface area contributed by atoms with Gasteiger partial charge in [0.1, 0.15) is 5.75 Å². The summed E-state index contributed by atoms with van der Waals surface area (Å²) in [6, 6.07) is 6.52. The Morgan fingerprint density at radius 1 is 1.00 bits per heavy atom. The van der Waals surface area contributed by atoms with Crippen LogP contribution in [0.3, 0.4) is 0 Å². The standard InChI is InChI=1S/C22H38O2/c1-7-19-13-10-14-20(8-2)21(19)23-17-15-18(4)12-11-16-22(5,6)24-9-3/h10,13-14,18H,7-9,11-12,15-17H2,1-6H3. The predicted octanol–water partition coefficient (Wildman–Crippen LogP) is 6.20. The molecule has 0 fully saturated rings. The zero-order valence-electron chi connectivity index (χ0n) is 16.8. The first-order valence-electron chi connectivity index (χ1n) is 9.81. The average Bonchev–Trinajstić information content (AvgIpc) is 2.54. The highest BCUT2D eigenvalue weighted by molar-refractivity contribution is 5.41. The minimum Gasteiger partial charge on any atom is -0.493 e. The number of hydrogen-bond acceptors (Lipinski definition) is 2. The van der Waals surface area contributed by atoms with E-state index >= 15 is 0 Å². The van der Waals surface area contributed by atoms with Crippen LogP contribution in [0.4, 0.5) is 0 Å². The average molecular weight is 335 g/mol. The fourth-order valence-corrected chi connectivity index (χ4v) is 3.23. The molecule has 0 aromatic heterocycles. The van der Waals surface area contributed by atoms with Crippen molar-refractivity contribution in [1.29, 1.82) is 0 Å². The number of benzene rings is 1. The van der Waals surface area contributed by atoms with Crippen LogP contribution in [0.25, 0.3) is 0 Å². The Hall–Kier alpha value is -1.02. The number of para-hydroxylation sites is 1. The van der Waals surface area contributed by atoms with Gasteiger partial charge in [-0.2, -0.15) is 0 Å². The zero-order valence-corrected chi connectivity index (χ0v) is 16.8. The van der Waals surface area contributed by atoms with Gasteiger partial charge in [0.05, 0.1) is 12.2 Å². The van der Waals surface area contributed by atoms with Crippen molar-refractivity contribution in [3.05, 3.63) is 29.3 Å². The van der Waals surface area contributed by atoms with Crippen molar-refractivity contribution in [3.8, 4) is 5.75 Å². The first kappa shape index (κ1) is 21.0. The maximum Gasteiger partial charge on any atom is 0.125 e. The van der Waals surface area contributed by atoms with Crippen molar-refractivity contribution >= 4 is 0 Å². The van der Waals surface area contributed by atoms with E-state index in [0.29, 0.717) is 5.92 Å². The first-order chi connectivity index (χ1) is 11.4. The van der Waals surface area contributed by atoms with Gasteiger partial charge in [0.2, 0.25) is 0 Å². The van der Waals surface area contributed by atoms with Crippen molar-refractivity contribution in [2.75, 3.05) is 13.2 Å². The van der Waals surface area contributed by atoms with Crippen molar-refractivity contribution in [1.82, 2.24) is 0 Å². The molecule has 0 spiro atoms. The molecule has 0 aliphatic heterocycles. The molecular formula is C22H38O2. The van der Waals surface area contributed by atoms with Crippen molar-refractivity contribution in [2.24, 2.45) is 5.92 Å². The van der Waals surface area contributed by atoms with Gasteiger partial charge in [-0.1, -0.05) is 51.8 Å². The minimum absolute atomic E-state index is 0.0149. The molecule has 2 heteroatoms. The smallest absolute Gasteiger partial charge is 0.125 e. The van der Waals surface area contributed by atoms with Gasteiger partial charge in [0.15, 0.2) is 0 Å². The third-order valence-electron chi connectivity index (χ3n) is 4.81. The van der Waals surface area contributed by atoms with E-state index in [1.165, 1.54) is 24.0 Å². The molecule has 1 aromatic carbocycles. The summed E-state index contributed by atoms with van der Waals surface area (Å²) in [6.07, 6.45) is 6.78. The highest BCUT2D eigenvalue weighted by Gasteiger charge is 2.17. The zero-order chi connectivity index (χ0) is 18.0. The second-order valence-electron chi connectivity index (χ2n) is 7.44. The van der Waals surface area contributed by atoms with Crippen LogP contribution in [0.1, 0.15) is 78.4 Å². The SMILES string of the molecule is CCOC(C)(C)CCCC(C)CCOc1c(CC)cccc1CC. The maximum absolute atomic E-state index is 6.18. The van der Waals surface area contributed by atoms with Crippen LogP contribution in [0.5, 0.6) is 5.75 Å². The molecule has 24 heavy (non-hydrogen) atoms. The summed E-state index contributed by atoms with van der Waals surface area (Å²) >= 11 is 0. The van der Waals surface area contributed by atoms with Crippen LogP contribution in [0.2, 0.25) is 0 Å². The molecule has 0 aliphatic carbocycles. The van der Waals surface area contributed by atoms with Gasteiger partial charge in [0, 0.05) is 6.61 Å². The van der Waals surface area contributed by atoms with Gasteiger partial charge in [0.25, 0.3) is 0 Å². The van der Waals surface area contributed by atoms with E-state index in [0.717, 1.165) is 44.6 Å². The molecule has 1 atom stereocenters. The molecule has 0 bridgehead atoms. The monoisotopic (exact) mass is 334 g/mol. The van der Waals surface area contributed by atoms with Crippen LogP contribution in [0.15, 0.2) is 18.2 Å². The van der Waals surface area contributed by atoms with Gasteiger partial charge >= 0.3 is 0 Å². The number of rotatable bonds is 12. The lowest BCUT2D eigenvalue weighted by Crippen LogP contribution is -2.24. The quantitative estimate of drug-likeness (QED) is 0.453. The van der Waals surface area contributed by atoms with Gasteiger partial charge in [-0.15, -0.1) is 0 Å². The molecule has 0 N–H and O–H groups in total. The summed E-state index contributed by atoms with van der Waals surface area (Å²) in [7, 11) is 0. The number of hydrogen-bond donors (Lipinski definition) is 0. The molecule has 0 aliphatic rings. The van der Waals surface area contributed by atoms with E-state index in [4.69, 9.17) is 9.47 Å². The molecule has 1 aromatic rings. The van der Waals surface area contributed by atoms with Crippen LogP contribution in [0, 0.1) is 5.92 Å². The molecule has 0 amide bonds. The largest absolute Gasteiger partial charge is 0.493 e. The fourth-order valence-electron chi connectivity index (χ4n) is 3.23. The lowest BCUT2D eigenvalue weighted by Gasteiger charge is -2.25. The normalized spacial score (nSPS) is 13.1. The number of ether oxygens (including phenoxy) is 2. The highest BCUT2D eigenvalue weighted by atomic mass is 16.5. The molecule has 0 saturated heterocycles. The third-order valence-corrected chi connectivity index (χ3v) is 4.81. The summed E-state index contributed by atoms with van der Waals surface area (Å²) in [5.74, 6) is 1.83. The van der Waals surface area contributed by atoms with Crippen molar-refractivity contribution in [2.45, 2.75) is 85.7 Å². The highest BCUT2D eigenvalue weighted by Crippen LogP contribution is 2.26. The van der Waals surface area contributed by atoms with E-state index in [-0.39, 0.29) is 5.60 Å². The summed E-state index contributed by atoms with van der Waals surface area (Å²) in [6.45, 7) is 14.8. The van der Waals surface area contributed by atoms with E-state index in [9.17, 15) is 0 Å². The molecule has 2 nitrogen and oxygen atoms in total. The van der Waals surface area contributed by atoms with E-state index in [2.05, 4.69) is 59.7 Å². The first-order valence-corrected chi connectivity index (χ1v) is 9.81. The van der Waals surface area contributed by atoms with Crippen molar-refractivity contribution < 1.29 is 9.47 Å². The van der Waals surface area contributed by atoms with Crippen LogP contribution < -0.4 is 4.74 Å². The van der Waals surface area contributed by atoms with E-state index in [1.54, 1.807) is 0 Å². The Bertz CT molecular complexity index is 443. The van der Waals surface area contributed by atoms with Gasteiger partial charge in [-0.25, -0.2) is 0 Å². The summed E-state index contributed by atoms with van der Waals surface area (Å²) < 4.78 is 12.0. The summed E-state index contributed by atoms with van der Waals surface area (Å²) in [4.78, 5) is 0. The second-order valence-corrected chi connectivity index (χ2v) is 7.44. The molecule has 1 rings (SSSR count). The maximum atomic E-state index is 6.18. The topological polar surface area (TPSA) is 18.5 Å². The van der Waals surface area contributed by atoms with E-state index < -0.39 is 0 Å². The Balaban J connectivity index is 2.37. The summed E-state index contributed by atoms with van der Waals surface area (Å²) in [5, 5.41) is 0. The van der Waals surface area contributed by atoms with Crippen LogP contribution in [-0.4, -0.2) is 18.8 Å². The molecule has 138 valence electrons. The van der Waals surface area contributed by atoms with Gasteiger partial charge < -0.3 is 9.47 Å². The van der Waals surface area contributed by atoms with Gasteiger partial charge in [-0.3, -0.25) is 0 Å². The predicted molar refractivity (Wildman–Crippen MR) is 104 cm³/mol. The molecule has 0 heterocycles. The lowest BCUT2D eigenvalue weighted by molar-refractivity contribution is -0.0183. The van der Waals surface area contributed by atoms with Gasteiger partial charge in [-0.05, 0) is 63.5 Å². The Labute approximate surface area is 149 Å². The minimum atomic E-state index is 0.0149. The molecular weight excluding hydrogens is 296 g/mol. The van der Waals surface area contributed by atoms with Crippen LogP contribution in [-0.2, 0) is 17.6 Å².